The van der Waals surface area contributed by atoms with Crippen LogP contribution in [0.5, 0.6) is 0 Å². The smallest absolute Gasteiger partial charge is 0.249 e. The molecule has 7 heteroatoms. The molecule has 6 nitrogen and oxygen atoms in total. The Kier molecular flexibility index (Phi) is 5.83. The lowest BCUT2D eigenvalue weighted by molar-refractivity contribution is -0.111. The summed E-state index contributed by atoms with van der Waals surface area (Å²) in [6.45, 7) is 10.8. The number of nitrogens with one attached hydrogen (secondary N) is 1. The Morgan fingerprint density at radius 3 is 2.71 bits per heavy atom. The molecule has 0 unspecified atom stereocenters. The molecule has 2 rings (SSSR count). The average molecular weight is 350 g/mol. The van der Waals surface area contributed by atoms with Crippen LogP contribution in [0.2, 0.25) is 5.15 Å². The number of hydrogen-bond acceptors (Lipinski definition) is 3. The van der Waals surface area contributed by atoms with Gasteiger partial charge < -0.3 is 5.32 Å². The quantitative estimate of drug-likeness (QED) is 0.803. The van der Waals surface area contributed by atoms with Crippen molar-refractivity contribution in [2.24, 2.45) is 5.92 Å². The van der Waals surface area contributed by atoms with Crippen LogP contribution >= 0.6 is 11.6 Å². The first-order valence-electron chi connectivity index (χ1n) is 8.05. The van der Waals surface area contributed by atoms with Crippen molar-refractivity contribution in [3.05, 3.63) is 34.7 Å². The largest absolute Gasteiger partial charge is 0.307 e. The monoisotopic (exact) mass is 349 g/mol. The molecule has 0 atom stereocenters. The number of hydrogen-bond donors (Lipinski definition) is 1. The standard InChI is InChI=1S/C17H24ClN5O/c1-11(2)10-22-17(18)14(13(5)21-22)6-7-16(24)20-15-8-9-19-23(15)12(3)4/h6-9,11-12H,10H2,1-5H3,(H,20,24). The van der Waals surface area contributed by atoms with Gasteiger partial charge in [0.05, 0.1) is 11.9 Å². The fourth-order valence-electron chi connectivity index (χ4n) is 2.38. The Morgan fingerprint density at radius 2 is 2.08 bits per heavy atom. The molecule has 2 aromatic heterocycles. The topological polar surface area (TPSA) is 64.7 Å². The number of anilines is 1. The molecule has 0 radical (unpaired) electrons. The van der Waals surface area contributed by atoms with Gasteiger partial charge in [0.25, 0.3) is 0 Å². The van der Waals surface area contributed by atoms with Crippen LogP contribution in [0.15, 0.2) is 18.3 Å². The summed E-state index contributed by atoms with van der Waals surface area (Å²) in [5.74, 6) is 0.876. The first kappa shape index (κ1) is 18.3. The molecule has 24 heavy (non-hydrogen) atoms. The van der Waals surface area contributed by atoms with Crippen molar-refractivity contribution >= 4 is 29.4 Å². The molecule has 0 saturated carbocycles. The van der Waals surface area contributed by atoms with Crippen molar-refractivity contribution in [3.8, 4) is 0 Å². The van der Waals surface area contributed by atoms with Gasteiger partial charge in [0.2, 0.25) is 5.91 Å². The van der Waals surface area contributed by atoms with Crippen LogP contribution in [0.3, 0.4) is 0 Å². The molecule has 0 spiro atoms. The molecule has 0 aromatic carbocycles. The van der Waals surface area contributed by atoms with E-state index in [0.29, 0.717) is 16.9 Å². The molecule has 0 aliphatic heterocycles. The van der Waals surface area contributed by atoms with Crippen LogP contribution in [-0.2, 0) is 11.3 Å². The predicted molar refractivity (Wildman–Crippen MR) is 97.1 cm³/mol. The van der Waals surface area contributed by atoms with E-state index in [1.807, 2.05) is 20.8 Å². The lowest BCUT2D eigenvalue weighted by Gasteiger charge is -2.10. The summed E-state index contributed by atoms with van der Waals surface area (Å²) in [5.41, 5.74) is 1.57. The van der Waals surface area contributed by atoms with Crippen molar-refractivity contribution < 1.29 is 4.79 Å². The fourth-order valence-corrected chi connectivity index (χ4v) is 2.68. The highest BCUT2D eigenvalue weighted by molar-refractivity contribution is 6.31. The maximum absolute atomic E-state index is 12.2. The van der Waals surface area contributed by atoms with Gasteiger partial charge in [-0.25, -0.2) is 4.68 Å². The Labute approximate surface area is 147 Å². The lowest BCUT2D eigenvalue weighted by Crippen LogP contribution is -2.14. The van der Waals surface area contributed by atoms with E-state index in [1.165, 1.54) is 6.08 Å². The summed E-state index contributed by atoms with van der Waals surface area (Å²) < 4.78 is 3.53. The van der Waals surface area contributed by atoms with E-state index in [0.717, 1.165) is 17.8 Å². The molecule has 1 N–H and O–H groups in total. The zero-order chi connectivity index (χ0) is 17.9. The van der Waals surface area contributed by atoms with Gasteiger partial charge in [-0.05, 0) is 32.8 Å². The van der Waals surface area contributed by atoms with Gasteiger partial charge in [0.15, 0.2) is 0 Å². The molecule has 130 valence electrons. The van der Waals surface area contributed by atoms with Crippen molar-refractivity contribution in [3.63, 3.8) is 0 Å². The zero-order valence-corrected chi connectivity index (χ0v) is 15.5. The van der Waals surface area contributed by atoms with Gasteiger partial charge in [0.1, 0.15) is 11.0 Å². The fraction of sp³-hybridized carbons (Fsp3) is 0.471. The molecule has 0 saturated heterocycles. The summed E-state index contributed by atoms with van der Waals surface area (Å²) in [6.07, 6.45) is 4.83. The molecule has 2 aromatic rings. The van der Waals surface area contributed by atoms with Crippen molar-refractivity contribution in [1.82, 2.24) is 19.6 Å². The van der Waals surface area contributed by atoms with Gasteiger partial charge in [0, 0.05) is 30.3 Å². The summed E-state index contributed by atoms with van der Waals surface area (Å²) in [4.78, 5) is 12.2. The van der Waals surface area contributed by atoms with Gasteiger partial charge >= 0.3 is 0 Å². The van der Waals surface area contributed by atoms with Crippen LogP contribution in [0.25, 0.3) is 6.08 Å². The summed E-state index contributed by atoms with van der Waals surface area (Å²) in [5, 5.41) is 12.0. The van der Waals surface area contributed by atoms with Crippen LogP contribution in [0.4, 0.5) is 5.82 Å². The average Bonchev–Trinajstić information content (AvgIpc) is 3.03. The minimum absolute atomic E-state index is 0.172. The second-order valence-corrected chi connectivity index (χ2v) is 6.80. The first-order chi connectivity index (χ1) is 11.3. The van der Waals surface area contributed by atoms with E-state index in [1.54, 1.807) is 27.7 Å². The molecule has 0 aliphatic rings. The minimum Gasteiger partial charge on any atom is -0.307 e. The summed E-state index contributed by atoms with van der Waals surface area (Å²) in [6, 6.07) is 1.94. The Balaban J connectivity index is 2.12. The second-order valence-electron chi connectivity index (χ2n) is 6.44. The minimum atomic E-state index is -0.232. The number of carbonyl (C=O) groups excluding carboxylic acids is 1. The van der Waals surface area contributed by atoms with Crippen LogP contribution < -0.4 is 5.32 Å². The lowest BCUT2D eigenvalue weighted by atomic mass is 10.2. The Bertz CT molecular complexity index is 742. The van der Waals surface area contributed by atoms with Crippen LogP contribution in [0.1, 0.15) is 45.0 Å². The van der Waals surface area contributed by atoms with Crippen LogP contribution in [0, 0.1) is 12.8 Å². The SMILES string of the molecule is Cc1nn(CC(C)C)c(Cl)c1C=CC(=O)Nc1ccnn1C(C)C. The molecule has 1 amide bonds. The molecule has 2 heterocycles. The van der Waals surface area contributed by atoms with Gasteiger partial charge in [-0.3, -0.25) is 9.48 Å². The number of rotatable bonds is 6. The normalized spacial score (nSPS) is 11.8. The van der Waals surface area contributed by atoms with Crippen molar-refractivity contribution in [2.75, 3.05) is 5.32 Å². The Morgan fingerprint density at radius 1 is 1.38 bits per heavy atom. The zero-order valence-electron chi connectivity index (χ0n) is 14.7. The van der Waals surface area contributed by atoms with E-state index in [2.05, 4.69) is 29.4 Å². The summed E-state index contributed by atoms with van der Waals surface area (Å²) in [7, 11) is 0. The Hall–Kier alpha value is -2.08. The predicted octanol–water partition coefficient (Wildman–Crippen LogP) is 3.93. The number of aromatic nitrogens is 4. The third kappa shape index (κ3) is 4.26. The molecule has 0 bridgehead atoms. The molecular formula is C17H24ClN5O. The van der Waals surface area contributed by atoms with Crippen molar-refractivity contribution in [1.29, 1.82) is 0 Å². The van der Waals surface area contributed by atoms with Gasteiger partial charge in [-0.2, -0.15) is 10.2 Å². The third-order valence-electron chi connectivity index (χ3n) is 3.46. The molecule has 0 fully saturated rings. The van der Waals surface area contributed by atoms with Crippen molar-refractivity contribution in [2.45, 2.75) is 47.2 Å². The molecular weight excluding hydrogens is 326 g/mol. The first-order valence-corrected chi connectivity index (χ1v) is 8.42. The number of amides is 1. The summed E-state index contributed by atoms with van der Waals surface area (Å²) >= 11 is 6.37. The van der Waals surface area contributed by atoms with E-state index < -0.39 is 0 Å². The number of aryl methyl sites for hydroxylation is 1. The van der Waals surface area contributed by atoms with E-state index in [4.69, 9.17) is 11.6 Å². The van der Waals surface area contributed by atoms with E-state index in [9.17, 15) is 4.79 Å². The van der Waals surface area contributed by atoms with Crippen LogP contribution in [-0.4, -0.2) is 25.5 Å². The molecule has 0 aliphatic carbocycles. The highest BCUT2D eigenvalue weighted by Gasteiger charge is 2.13. The highest BCUT2D eigenvalue weighted by atomic mass is 35.5. The van der Waals surface area contributed by atoms with Gasteiger partial charge in [-0.1, -0.05) is 25.4 Å². The maximum Gasteiger partial charge on any atom is 0.249 e. The third-order valence-corrected chi connectivity index (χ3v) is 3.86. The number of halogens is 1. The highest BCUT2D eigenvalue weighted by Crippen LogP contribution is 2.22. The number of nitrogens with zero attached hydrogens (tertiary/aromatic N) is 4. The van der Waals surface area contributed by atoms with E-state index in [-0.39, 0.29) is 11.9 Å². The van der Waals surface area contributed by atoms with E-state index >= 15 is 0 Å². The number of carbonyl (C=O) groups is 1. The second kappa shape index (κ2) is 7.66. The van der Waals surface area contributed by atoms with Gasteiger partial charge in [-0.15, -0.1) is 0 Å². The maximum atomic E-state index is 12.2.